The zero-order chi connectivity index (χ0) is 17.9. The van der Waals surface area contributed by atoms with E-state index in [0.29, 0.717) is 11.7 Å². The molecule has 0 atom stereocenters. The largest absolute Gasteiger partial charge is 0.370 e. The van der Waals surface area contributed by atoms with Crippen LogP contribution in [0.5, 0.6) is 0 Å². The van der Waals surface area contributed by atoms with Crippen molar-refractivity contribution in [1.82, 2.24) is 15.3 Å². The molecule has 134 valence electrons. The van der Waals surface area contributed by atoms with Gasteiger partial charge in [-0.2, -0.15) is 0 Å². The first-order chi connectivity index (χ1) is 12.8. The first-order valence-corrected chi connectivity index (χ1v) is 9.15. The van der Waals surface area contributed by atoms with Crippen LogP contribution in [-0.4, -0.2) is 35.8 Å². The second-order valence-electron chi connectivity index (χ2n) is 6.99. The summed E-state index contributed by atoms with van der Waals surface area (Å²) in [6.07, 6.45) is 10.6. The lowest BCUT2D eigenvalue weighted by Crippen LogP contribution is -2.29. The molecule has 4 rings (SSSR count). The Kier molecular flexibility index (Phi) is 4.65. The van der Waals surface area contributed by atoms with Crippen LogP contribution in [0.3, 0.4) is 0 Å². The molecule has 6 nitrogen and oxygen atoms in total. The Labute approximate surface area is 153 Å². The number of hydrogen-bond donors (Lipinski definition) is 1. The number of amidine groups is 1. The maximum absolute atomic E-state index is 11.9. The molecule has 0 saturated heterocycles. The molecule has 1 heterocycles. The summed E-state index contributed by atoms with van der Waals surface area (Å²) in [5, 5.41) is 3.45. The second-order valence-corrected chi connectivity index (χ2v) is 6.99. The van der Waals surface area contributed by atoms with Gasteiger partial charge in [-0.1, -0.05) is 6.07 Å². The average molecular weight is 349 g/mol. The monoisotopic (exact) mass is 349 g/mol. The van der Waals surface area contributed by atoms with Crippen molar-refractivity contribution in [1.29, 1.82) is 0 Å². The predicted octanol–water partition coefficient (Wildman–Crippen LogP) is 3.02. The molecule has 26 heavy (non-hydrogen) atoms. The Morgan fingerprint density at radius 2 is 2.15 bits per heavy atom. The predicted molar refractivity (Wildman–Crippen MR) is 102 cm³/mol. The van der Waals surface area contributed by atoms with Crippen LogP contribution in [0.1, 0.15) is 42.7 Å². The van der Waals surface area contributed by atoms with Crippen LogP contribution < -0.4 is 10.2 Å². The Morgan fingerprint density at radius 1 is 1.31 bits per heavy atom. The molecule has 2 fully saturated rings. The molecule has 2 aromatic rings. The Bertz CT molecular complexity index is 812. The molecule has 6 heteroatoms. The van der Waals surface area contributed by atoms with Gasteiger partial charge in [-0.05, 0) is 55.2 Å². The third-order valence-corrected chi connectivity index (χ3v) is 4.97. The Hall–Kier alpha value is -2.76. The van der Waals surface area contributed by atoms with E-state index in [4.69, 9.17) is 0 Å². The third-order valence-electron chi connectivity index (χ3n) is 4.97. The zero-order valence-electron chi connectivity index (χ0n) is 14.9. The summed E-state index contributed by atoms with van der Waals surface area (Å²) in [7, 11) is 1.78. The fraction of sp³-hybridized carbons (Fsp3) is 0.400. The van der Waals surface area contributed by atoms with Gasteiger partial charge in [-0.3, -0.25) is 19.7 Å². The summed E-state index contributed by atoms with van der Waals surface area (Å²) < 4.78 is 0. The van der Waals surface area contributed by atoms with Crippen LogP contribution in [0.2, 0.25) is 0 Å². The van der Waals surface area contributed by atoms with Crippen LogP contribution in [-0.2, 0) is 4.79 Å². The average Bonchev–Trinajstić information content (AvgIpc) is 3.58. The van der Waals surface area contributed by atoms with Crippen molar-refractivity contribution in [2.75, 3.05) is 18.5 Å². The fourth-order valence-corrected chi connectivity index (χ4v) is 3.13. The molecule has 0 radical (unpaired) electrons. The first kappa shape index (κ1) is 16.7. The third kappa shape index (κ3) is 3.59. The molecule has 0 spiro atoms. The lowest BCUT2D eigenvalue weighted by Gasteiger charge is -2.22. The minimum Gasteiger partial charge on any atom is -0.370 e. The standard InChI is InChI=1S/C20H23N5O/c1-21-20(24-11-14-2-3-14)17-7-6-16(15-4-5-15)10-18(17)25(13-26)19-12-22-8-9-23-19/h6-10,12-15H,2-5,11H2,1H3,(H,21,24). The number of hydrogen-bond acceptors (Lipinski definition) is 4. The number of nitrogens with one attached hydrogen (secondary N) is 1. The summed E-state index contributed by atoms with van der Waals surface area (Å²) in [6, 6.07) is 6.32. The number of nitrogens with zero attached hydrogens (tertiary/aromatic N) is 4. The lowest BCUT2D eigenvalue weighted by atomic mass is 10.0. The maximum Gasteiger partial charge on any atom is 0.219 e. The molecule has 1 aromatic carbocycles. The van der Waals surface area contributed by atoms with Gasteiger partial charge in [0.25, 0.3) is 0 Å². The van der Waals surface area contributed by atoms with Gasteiger partial charge in [0, 0.05) is 31.5 Å². The summed E-state index contributed by atoms with van der Waals surface area (Å²) in [4.78, 5) is 26.3. The number of aromatic nitrogens is 2. The van der Waals surface area contributed by atoms with Gasteiger partial charge in [0.1, 0.15) is 5.84 Å². The number of rotatable bonds is 7. The van der Waals surface area contributed by atoms with E-state index in [2.05, 4.69) is 38.5 Å². The highest BCUT2D eigenvalue weighted by Gasteiger charge is 2.27. The molecular formula is C20H23N5O. The molecular weight excluding hydrogens is 326 g/mol. The van der Waals surface area contributed by atoms with Gasteiger partial charge in [0.2, 0.25) is 6.41 Å². The number of amides is 1. The summed E-state index contributed by atoms with van der Waals surface area (Å²) in [6.45, 7) is 0.919. The molecule has 1 N–H and O–H groups in total. The van der Waals surface area contributed by atoms with Crippen molar-refractivity contribution < 1.29 is 4.79 Å². The highest BCUT2D eigenvalue weighted by molar-refractivity contribution is 6.06. The smallest absolute Gasteiger partial charge is 0.219 e. The van der Waals surface area contributed by atoms with E-state index in [9.17, 15) is 4.79 Å². The van der Waals surface area contributed by atoms with Gasteiger partial charge in [-0.15, -0.1) is 0 Å². The van der Waals surface area contributed by atoms with Gasteiger partial charge >= 0.3 is 0 Å². The summed E-state index contributed by atoms with van der Waals surface area (Å²) in [5.41, 5.74) is 2.97. The van der Waals surface area contributed by atoms with Gasteiger partial charge in [0.05, 0.1) is 11.9 Å². The molecule has 0 bridgehead atoms. The molecule has 1 amide bonds. The number of carbonyl (C=O) groups excluding carboxylic acids is 1. The minimum atomic E-state index is 0.509. The highest BCUT2D eigenvalue weighted by Crippen LogP contribution is 2.42. The van der Waals surface area contributed by atoms with E-state index in [1.54, 1.807) is 30.5 Å². The van der Waals surface area contributed by atoms with E-state index in [1.165, 1.54) is 31.2 Å². The topological polar surface area (TPSA) is 70.5 Å². The fourth-order valence-electron chi connectivity index (χ4n) is 3.13. The van der Waals surface area contributed by atoms with Crippen LogP contribution >= 0.6 is 0 Å². The molecule has 0 unspecified atom stereocenters. The van der Waals surface area contributed by atoms with E-state index in [1.807, 2.05) is 0 Å². The van der Waals surface area contributed by atoms with Gasteiger partial charge < -0.3 is 5.32 Å². The van der Waals surface area contributed by atoms with Crippen molar-refractivity contribution in [2.45, 2.75) is 31.6 Å². The van der Waals surface area contributed by atoms with Crippen LogP contribution in [0.15, 0.2) is 41.8 Å². The normalized spacial score (nSPS) is 17.0. The van der Waals surface area contributed by atoms with Crippen molar-refractivity contribution in [2.24, 2.45) is 10.9 Å². The summed E-state index contributed by atoms with van der Waals surface area (Å²) >= 11 is 0. The molecule has 2 aliphatic rings. The minimum absolute atomic E-state index is 0.509. The van der Waals surface area contributed by atoms with E-state index in [-0.39, 0.29) is 0 Å². The van der Waals surface area contributed by atoms with Crippen LogP contribution in [0, 0.1) is 5.92 Å². The molecule has 1 aromatic heterocycles. The van der Waals surface area contributed by atoms with Crippen molar-refractivity contribution in [3.63, 3.8) is 0 Å². The number of benzene rings is 1. The zero-order valence-corrected chi connectivity index (χ0v) is 14.9. The van der Waals surface area contributed by atoms with Gasteiger partial charge in [-0.25, -0.2) is 4.98 Å². The van der Waals surface area contributed by atoms with Gasteiger partial charge in [0.15, 0.2) is 5.82 Å². The summed E-state index contributed by atoms with van der Waals surface area (Å²) in [5.74, 6) is 2.65. The number of aliphatic imine (C=N–C) groups is 1. The first-order valence-electron chi connectivity index (χ1n) is 9.15. The second kappa shape index (κ2) is 7.23. The number of carbonyl (C=O) groups is 1. The van der Waals surface area contributed by atoms with E-state index < -0.39 is 0 Å². The van der Waals surface area contributed by atoms with Crippen LogP contribution in [0.25, 0.3) is 0 Å². The highest BCUT2D eigenvalue weighted by atomic mass is 16.1. The Balaban J connectivity index is 1.73. The van der Waals surface area contributed by atoms with Crippen molar-refractivity contribution in [3.8, 4) is 0 Å². The molecule has 0 aliphatic heterocycles. The van der Waals surface area contributed by atoms with Crippen LogP contribution in [0.4, 0.5) is 11.5 Å². The van der Waals surface area contributed by atoms with E-state index in [0.717, 1.165) is 36.0 Å². The SMILES string of the molecule is CN=C(NCC1CC1)c1ccc(C2CC2)cc1N(C=O)c1cnccn1. The number of anilines is 2. The van der Waals surface area contributed by atoms with Crippen molar-refractivity contribution >= 4 is 23.8 Å². The molecule has 2 aliphatic carbocycles. The maximum atomic E-state index is 11.9. The Morgan fingerprint density at radius 3 is 2.77 bits per heavy atom. The van der Waals surface area contributed by atoms with Crippen molar-refractivity contribution in [3.05, 3.63) is 47.9 Å². The lowest BCUT2D eigenvalue weighted by molar-refractivity contribution is -0.106. The molecule has 2 saturated carbocycles. The quantitative estimate of drug-likeness (QED) is 0.474. The van der Waals surface area contributed by atoms with E-state index >= 15 is 0 Å².